The van der Waals surface area contributed by atoms with Crippen molar-refractivity contribution in [2.24, 2.45) is 0 Å². The number of fused-ring (bicyclic) bond motifs is 1. The second-order valence-corrected chi connectivity index (χ2v) is 4.78. The maximum Gasteiger partial charge on any atom is 0.356 e. The number of carbonyl (C=O) groups is 1. The Morgan fingerprint density at radius 2 is 2.06 bits per heavy atom. The first-order valence-corrected chi connectivity index (χ1v) is 5.85. The highest BCUT2D eigenvalue weighted by Crippen LogP contribution is 2.25. The Morgan fingerprint density at radius 1 is 1.39 bits per heavy atom. The Labute approximate surface area is 106 Å². The maximum absolute atomic E-state index is 11.2. The molecule has 0 saturated carbocycles. The van der Waals surface area contributed by atoms with Gasteiger partial charge < -0.3 is 10.0 Å². The molecule has 0 spiro atoms. The van der Waals surface area contributed by atoms with Crippen molar-refractivity contribution in [3.63, 3.8) is 0 Å². The zero-order valence-corrected chi connectivity index (χ0v) is 11.0. The van der Waals surface area contributed by atoms with Crippen LogP contribution in [0.15, 0.2) is 18.2 Å². The van der Waals surface area contributed by atoms with Crippen molar-refractivity contribution in [3.05, 3.63) is 29.7 Å². The molecular formula is C13H17N3O2. The van der Waals surface area contributed by atoms with E-state index in [1.165, 1.54) is 0 Å². The summed E-state index contributed by atoms with van der Waals surface area (Å²) < 4.78 is 1.91. The fourth-order valence-corrected chi connectivity index (χ4v) is 2.04. The van der Waals surface area contributed by atoms with Crippen LogP contribution in [0.5, 0.6) is 0 Å². The van der Waals surface area contributed by atoms with Gasteiger partial charge in [-0.25, -0.2) is 9.78 Å². The van der Waals surface area contributed by atoms with Gasteiger partial charge >= 0.3 is 5.97 Å². The van der Waals surface area contributed by atoms with Crippen LogP contribution < -0.4 is 4.90 Å². The molecule has 0 bridgehead atoms. The van der Waals surface area contributed by atoms with Gasteiger partial charge in [0.15, 0.2) is 5.69 Å². The molecule has 18 heavy (non-hydrogen) atoms. The predicted octanol–water partition coefficient (Wildman–Crippen LogP) is 2.22. The molecule has 0 amide bonds. The molecule has 1 N–H and O–H groups in total. The van der Waals surface area contributed by atoms with Gasteiger partial charge in [-0.3, -0.25) is 4.40 Å². The van der Waals surface area contributed by atoms with Crippen LogP contribution in [-0.4, -0.2) is 34.6 Å². The lowest BCUT2D eigenvalue weighted by Crippen LogP contribution is -2.14. The Kier molecular flexibility index (Phi) is 2.98. The summed E-state index contributed by atoms with van der Waals surface area (Å²) in [6.45, 7) is 4.01. The smallest absolute Gasteiger partial charge is 0.356 e. The standard InChI is InChI=1S/C13H17N3O2/c1-8(2)12-14-11(13(17)18)9-6-5-7-10(15(3)4)16(9)12/h5-8H,1-4H3,(H,17,18). The molecule has 0 fully saturated rings. The number of imidazole rings is 1. The van der Waals surface area contributed by atoms with Crippen LogP contribution in [0.4, 0.5) is 5.82 Å². The zero-order chi connectivity index (χ0) is 13.4. The summed E-state index contributed by atoms with van der Waals surface area (Å²) >= 11 is 0. The van der Waals surface area contributed by atoms with E-state index >= 15 is 0 Å². The number of aromatic nitrogens is 2. The fraction of sp³-hybridized carbons (Fsp3) is 0.385. The minimum Gasteiger partial charge on any atom is -0.476 e. The van der Waals surface area contributed by atoms with Gasteiger partial charge in [0.1, 0.15) is 11.6 Å². The highest BCUT2D eigenvalue weighted by molar-refractivity contribution is 5.94. The molecule has 5 heteroatoms. The first-order valence-electron chi connectivity index (χ1n) is 5.85. The average Bonchev–Trinajstić information content (AvgIpc) is 2.67. The summed E-state index contributed by atoms with van der Waals surface area (Å²) in [5.41, 5.74) is 0.750. The van der Waals surface area contributed by atoms with Gasteiger partial charge in [0.2, 0.25) is 0 Å². The van der Waals surface area contributed by atoms with Gasteiger partial charge in [0.25, 0.3) is 0 Å². The number of carboxylic acid groups (broad SMARTS) is 1. The molecule has 5 nitrogen and oxygen atoms in total. The van der Waals surface area contributed by atoms with E-state index in [4.69, 9.17) is 0 Å². The SMILES string of the molecule is CC(C)c1nc(C(=O)O)c2cccc(N(C)C)n12. The first-order chi connectivity index (χ1) is 8.43. The van der Waals surface area contributed by atoms with Gasteiger partial charge in [0.05, 0.1) is 5.52 Å². The van der Waals surface area contributed by atoms with E-state index in [9.17, 15) is 9.90 Å². The van der Waals surface area contributed by atoms with Crippen LogP contribution >= 0.6 is 0 Å². The van der Waals surface area contributed by atoms with Crippen LogP contribution in [-0.2, 0) is 0 Å². The number of hydrogen-bond acceptors (Lipinski definition) is 3. The minimum atomic E-state index is -0.990. The summed E-state index contributed by atoms with van der Waals surface area (Å²) in [6.07, 6.45) is 0. The van der Waals surface area contributed by atoms with Gasteiger partial charge in [-0.1, -0.05) is 19.9 Å². The van der Waals surface area contributed by atoms with Crippen molar-refractivity contribution in [2.45, 2.75) is 19.8 Å². The van der Waals surface area contributed by atoms with Gasteiger partial charge in [0, 0.05) is 20.0 Å². The molecule has 2 heterocycles. The molecule has 0 atom stereocenters. The average molecular weight is 247 g/mol. The van der Waals surface area contributed by atoms with Crippen LogP contribution in [0.25, 0.3) is 5.52 Å². The topological polar surface area (TPSA) is 57.8 Å². The third-order valence-electron chi connectivity index (χ3n) is 2.84. The lowest BCUT2D eigenvalue weighted by atomic mass is 10.2. The van der Waals surface area contributed by atoms with E-state index in [0.717, 1.165) is 11.6 Å². The third-order valence-corrected chi connectivity index (χ3v) is 2.84. The van der Waals surface area contributed by atoms with Crippen molar-refractivity contribution in [3.8, 4) is 0 Å². The second-order valence-electron chi connectivity index (χ2n) is 4.78. The molecule has 2 aromatic heterocycles. The number of rotatable bonds is 3. The van der Waals surface area contributed by atoms with E-state index in [2.05, 4.69) is 4.98 Å². The van der Waals surface area contributed by atoms with Gasteiger partial charge in [-0.05, 0) is 12.1 Å². The number of aromatic carboxylic acids is 1. The van der Waals surface area contributed by atoms with E-state index < -0.39 is 5.97 Å². The molecule has 0 saturated heterocycles. The molecular weight excluding hydrogens is 230 g/mol. The van der Waals surface area contributed by atoms with Crippen LogP contribution in [0.3, 0.4) is 0 Å². The van der Waals surface area contributed by atoms with Crippen molar-refractivity contribution in [1.29, 1.82) is 0 Å². The highest BCUT2D eigenvalue weighted by Gasteiger charge is 2.20. The van der Waals surface area contributed by atoms with Crippen LogP contribution in [0.1, 0.15) is 36.1 Å². The van der Waals surface area contributed by atoms with Crippen molar-refractivity contribution in [2.75, 3.05) is 19.0 Å². The monoisotopic (exact) mass is 247 g/mol. The first kappa shape index (κ1) is 12.4. The molecule has 96 valence electrons. The molecule has 0 radical (unpaired) electrons. The molecule has 2 aromatic rings. The largest absolute Gasteiger partial charge is 0.476 e. The van der Waals surface area contributed by atoms with E-state index in [1.807, 2.05) is 49.4 Å². The van der Waals surface area contributed by atoms with Crippen molar-refractivity contribution >= 4 is 17.3 Å². The third kappa shape index (κ3) is 1.81. The number of carboxylic acids is 1. The van der Waals surface area contributed by atoms with Crippen molar-refractivity contribution < 1.29 is 9.90 Å². The van der Waals surface area contributed by atoms with E-state index in [0.29, 0.717) is 5.52 Å². The molecule has 0 aromatic carbocycles. The van der Waals surface area contributed by atoms with Gasteiger partial charge in [-0.2, -0.15) is 0 Å². The lowest BCUT2D eigenvalue weighted by Gasteiger charge is -2.17. The summed E-state index contributed by atoms with van der Waals surface area (Å²) in [5.74, 6) is 0.866. The zero-order valence-electron chi connectivity index (χ0n) is 11.0. The van der Waals surface area contributed by atoms with Crippen LogP contribution in [0, 0.1) is 0 Å². The summed E-state index contributed by atoms with van der Waals surface area (Å²) in [7, 11) is 3.86. The number of hydrogen-bond donors (Lipinski definition) is 1. The molecule has 0 aliphatic carbocycles. The molecule has 2 rings (SSSR count). The second kappa shape index (κ2) is 4.33. The Hall–Kier alpha value is -2.04. The fourth-order valence-electron chi connectivity index (χ4n) is 2.04. The number of nitrogens with zero attached hydrogens (tertiary/aromatic N) is 3. The van der Waals surface area contributed by atoms with E-state index in [1.54, 1.807) is 6.07 Å². The molecule has 0 unspecified atom stereocenters. The highest BCUT2D eigenvalue weighted by atomic mass is 16.4. The normalized spacial score (nSPS) is 11.2. The minimum absolute atomic E-state index is 0.113. The quantitative estimate of drug-likeness (QED) is 0.903. The Bertz CT molecular complexity index is 600. The van der Waals surface area contributed by atoms with Gasteiger partial charge in [-0.15, -0.1) is 0 Å². The molecule has 0 aliphatic heterocycles. The van der Waals surface area contributed by atoms with Crippen molar-refractivity contribution in [1.82, 2.24) is 9.38 Å². The summed E-state index contributed by atoms with van der Waals surface area (Å²) in [6, 6.07) is 5.59. The van der Waals surface area contributed by atoms with E-state index in [-0.39, 0.29) is 11.6 Å². The summed E-state index contributed by atoms with van der Waals surface area (Å²) in [5, 5.41) is 9.22. The summed E-state index contributed by atoms with van der Waals surface area (Å²) in [4.78, 5) is 17.5. The Balaban J connectivity index is 2.87. The van der Waals surface area contributed by atoms with Crippen LogP contribution in [0.2, 0.25) is 0 Å². The number of anilines is 1. The lowest BCUT2D eigenvalue weighted by molar-refractivity contribution is 0.0693. The molecule has 0 aliphatic rings. The maximum atomic E-state index is 11.2. The number of pyridine rings is 1. The predicted molar refractivity (Wildman–Crippen MR) is 70.6 cm³/mol. The Morgan fingerprint density at radius 3 is 2.56 bits per heavy atom.